The van der Waals surface area contributed by atoms with Crippen molar-refractivity contribution >= 4 is 10.9 Å². The van der Waals surface area contributed by atoms with E-state index in [0.29, 0.717) is 12.1 Å². The molecule has 158 valence electrons. The lowest BCUT2D eigenvalue weighted by Crippen LogP contribution is -2.12. The molecule has 1 heterocycles. The van der Waals surface area contributed by atoms with Gasteiger partial charge in [-0.25, -0.2) is 4.98 Å². The highest BCUT2D eigenvalue weighted by Gasteiger charge is 2.37. The Balaban J connectivity index is -0.000000695. The predicted molar refractivity (Wildman–Crippen MR) is 99.1 cm³/mol. The second kappa shape index (κ2) is 12.4. The lowest BCUT2D eigenvalue weighted by Gasteiger charge is -2.14. The Bertz CT molecular complexity index is 672. The summed E-state index contributed by atoms with van der Waals surface area (Å²) in [6.07, 6.45) is -8.41. The molecule has 0 amide bonds. The van der Waals surface area contributed by atoms with Gasteiger partial charge in [-0.05, 0) is 12.1 Å². The van der Waals surface area contributed by atoms with Crippen LogP contribution in [0.1, 0.15) is 60.6 Å². The molecule has 1 aromatic carbocycles. The number of rotatable bonds is 1. The van der Waals surface area contributed by atoms with Crippen molar-refractivity contribution in [2.45, 2.75) is 60.3 Å². The van der Waals surface area contributed by atoms with Crippen LogP contribution in [0.15, 0.2) is 24.3 Å². The Kier molecular flexibility index (Phi) is 12.5. The van der Waals surface area contributed by atoms with E-state index in [1.807, 2.05) is 27.7 Å². The minimum atomic E-state index is -4.86. The van der Waals surface area contributed by atoms with E-state index in [9.17, 15) is 26.3 Å². The number of halogens is 6. The van der Waals surface area contributed by atoms with Crippen LogP contribution >= 0.6 is 0 Å². The fraction of sp³-hybridized carbons (Fsp3) is 0.526. The van der Waals surface area contributed by atoms with Gasteiger partial charge >= 0.3 is 12.4 Å². The molecule has 0 atom stereocenters. The Morgan fingerprint density at radius 3 is 1.78 bits per heavy atom. The molecule has 2 rings (SSSR count). The van der Waals surface area contributed by atoms with Crippen molar-refractivity contribution in [2.24, 2.45) is 0 Å². The fourth-order valence-corrected chi connectivity index (χ4v) is 1.76. The first-order valence-electron chi connectivity index (χ1n) is 8.68. The van der Waals surface area contributed by atoms with Crippen molar-refractivity contribution < 1.29 is 32.5 Å². The van der Waals surface area contributed by atoms with Crippen LogP contribution in [-0.2, 0) is 12.4 Å². The molecule has 0 N–H and O–H groups in total. The second-order valence-corrected chi connectivity index (χ2v) is 4.61. The highest BCUT2D eigenvalue weighted by molar-refractivity contribution is 5.88. The van der Waals surface area contributed by atoms with E-state index < -0.39 is 29.1 Å². The summed E-state index contributed by atoms with van der Waals surface area (Å²) in [5.74, 6) is -0.312. The van der Waals surface area contributed by atoms with Gasteiger partial charge in [-0.15, -0.1) is 0 Å². The first kappa shape index (κ1) is 27.2. The number of para-hydroxylation sites is 1. The van der Waals surface area contributed by atoms with Gasteiger partial charge in [0, 0.05) is 12.9 Å². The second-order valence-electron chi connectivity index (χ2n) is 4.61. The summed E-state index contributed by atoms with van der Waals surface area (Å²) < 4.78 is 81.2. The Hall–Kier alpha value is -1.99. The number of ether oxygens (including phenoxy) is 1. The standard InChI is InChI=1S/C12H7F6NO.C3H8.2C2H6.H2/c1-20-8-5-9(12(16,17)18)19-10-6(8)3-2-4-7(10)11(13,14)15;1-3-2;2*1-2;/h2-5H,1H3;3H2,1-2H3;2*1-2H3;1H. The quantitative estimate of drug-likeness (QED) is 0.452. The van der Waals surface area contributed by atoms with Gasteiger partial charge in [-0.1, -0.05) is 54.0 Å². The van der Waals surface area contributed by atoms with Gasteiger partial charge in [-0.3, -0.25) is 0 Å². The first-order chi connectivity index (χ1) is 12.6. The predicted octanol–water partition coefficient (Wildman–Crippen LogP) is 8.00. The molecule has 0 aliphatic heterocycles. The van der Waals surface area contributed by atoms with Crippen molar-refractivity contribution in [1.82, 2.24) is 4.98 Å². The van der Waals surface area contributed by atoms with E-state index in [4.69, 9.17) is 4.74 Å². The third-order valence-electron chi connectivity index (χ3n) is 2.62. The fourth-order valence-electron chi connectivity index (χ4n) is 1.76. The average molecular weight is 401 g/mol. The highest BCUT2D eigenvalue weighted by atomic mass is 19.4. The third kappa shape index (κ3) is 8.05. The van der Waals surface area contributed by atoms with Crippen LogP contribution < -0.4 is 4.74 Å². The molecule has 2 aromatic rings. The molecule has 0 saturated carbocycles. The minimum Gasteiger partial charge on any atom is -0.496 e. The zero-order valence-electron chi connectivity index (χ0n) is 16.6. The molecule has 0 radical (unpaired) electrons. The monoisotopic (exact) mass is 401 g/mol. The van der Waals surface area contributed by atoms with Gasteiger partial charge in [0.25, 0.3) is 0 Å². The Labute approximate surface area is 158 Å². The van der Waals surface area contributed by atoms with Gasteiger partial charge in [0.15, 0.2) is 0 Å². The molecule has 2 nitrogen and oxygen atoms in total. The molecule has 27 heavy (non-hydrogen) atoms. The van der Waals surface area contributed by atoms with Crippen LogP contribution in [0.5, 0.6) is 5.75 Å². The van der Waals surface area contributed by atoms with E-state index in [1.54, 1.807) is 0 Å². The number of nitrogens with zero attached hydrogens (tertiary/aromatic N) is 1. The van der Waals surface area contributed by atoms with Gasteiger partial charge < -0.3 is 4.74 Å². The van der Waals surface area contributed by atoms with Crippen LogP contribution in [0.4, 0.5) is 26.3 Å². The molecular weight excluding hydrogens is 372 g/mol. The van der Waals surface area contributed by atoms with E-state index in [2.05, 4.69) is 18.8 Å². The zero-order chi connectivity index (χ0) is 21.8. The normalized spacial score (nSPS) is 10.6. The van der Waals surface area contributed by atoms with Crippen molar-refractivity contribution in [2.75, 3.05) is 7.11 Å². The molecule has 0 aliphatic rings. The largest absolute Gasteiger partial charge is 0.496 e. The number of alkyl halides is 6. The van der Waals surface area contributed by atoms with E-state index >= 15 is 0 Å². The molecule has 8 heteroatoms. The number of pyridine rings is 1. The number of hydrogen-bond acceptors (Lipinski definition) is 2. The third-order valence-corrected chi connectivity index (χ3v) is 2.62. The summed E-state index contributed by atoms with van der Waals surface area (Å²) in [7, 11) is 1.08. The smallest absolute Gasteiger partial charge is 0.433 e. The number of aromatic nitrogens is 1. The maximum Gasteiger partial charge on any atom is 0.433 e. The average Bonchev–Trinajstić information content (AvgIpc) is 2.62. The maximum absolute atomic E-state index is 12.8. The van der Waals surface area contributed by atoms with Gasteiger partial charge in [0.2, 0.25) is 0 Å². The summed E-state index contributed by atoms with van der Waals surface area (Å²) >= 11 is 0. The number of benzene rings is 1. The zero-order valence-corrected chi connectivity index (χ0v) is 16.6. The van der Waals surface area contributed by atoms with Crippen molar-refractivity contribution in [1.29, 1.82) is 0 Å². The first-order valence-corrected chi connectivity index (χ1v) is 8.68. The van der Waals surface area contributed by atoms with E-state index in [1.165, 1.54) is 12.5 Å². The summed E-state index contributed by atoms with van der Waals surface area (Å²) in [6.45, 7) is 12.2. The summed E-state index contributed by atoms with van der Waals surface area (Å²) in [5.41, 5.74) is -3.45. The molecular formula is C19H29F6NO. The van der Waals surface area contributed by atoms with Crippen molar-refractivity contribution in [3.05, 3.63) is 35.5 Å². The summed E-state index contributed by atoms with van der Waals surface area (Å²) in [5, 5.41) is -0.129. The molecule has 0 aliphatic carbocycles. The molecule has 0 spiro atoms. The molecule has 1 aromatic heterocycles. The highest BCUT2D eigenvalue weighted by Crippen LogP contribution is 2.39. The molecule has 0 bridgehead atoms. The minimum absolute atomic E-state index is 0. The van der Waals surface area contributed by atoms with Crippen LogP contribution in [0.2, 0.25) is 0 Å². The van der Waals surface area contributed by atoms with Gasteiger partial charge in [0.05, 0.1) is 18.2 Å². The summed E-state index contributed by atoms with van der Waals surface area (Å²) in [6, 6.07) is 3.55. The lowest BCUT2D eigenvalue weighted by atomic mass is 10.1. The van der Waals surface area contributed by atoms with E-state index in [-0.39, 0.29) is 12.6 Å². The van der Waals surface area contributed by atoms with Crippen molar-refractivity contribution in [3.8, 4) is 5.75 Å². The number of hydrogen-bond donors (Lipinski definition) is 0. The van der Waals surface area contributed by atoms with E-state index in [0.717, 1.165) is 13.2 Å². The van der Waals surface area contributed by atoms with Crippen LogP contribution in [0.25, 0.3) is 10.9 Å². The van der Waals surface area contributed by atoms with Gasteiger partial charge in [-0.2, -0.15) is 26.3 Å². The molecule has 0 saturated heterocycles. The number of fused-ring (bicyclic) bond motifs is 1. The molecule has 0 fully saturated rings. The number of methoxy groups -OCH3 is 1. The topological polar surface area (TPSA) is 22.1 Å². The Morgan fingerprint density at radius 2 is 1.41 bits per heavy atom. The lowest BCUT2D eigenvalue weighted by molar-refractivity contribution is -0.142. The SMILES string of the molecule is CC.CC.CCC.COc1cc(C(F)(F)F)nc2c(C(F)(F)F)cccc12.[HH]. The van der Waals surface area contributed by atoms with Gasteiger partial charge in [0.1, 0.15) is 11.4 Å². The van der Waals surface area contributed by atoms with Crippen LogP contribution in [0, 0.1) is 0 Å². The maximum atomic E-state index is 12.8. The summed E-state index contributed by atoms with van der Waals surface area (Å²) in [4.78, 5) is 3.10. The Morgan fingerprint density at radius 1 is 0.926 bits per heavy atom. The van der Waals surface area contributed by atoms with Crippen LogP contribution in [0.3, 0.4) is 0 Å². The molecule has 0 unspecified atom stereocenters. The van der Waals surface area contributed by atoms with Crippen molar-refractivity contribution in [3.63, 3.8) is 0 Å². The van der Waals surface area contributed by atoms with Crippen LogP contribution in [-0.4, -0.2) is 12.1 Å².